The lowest BCUT2D eigenvalue weighted by molar-refractivity contribution is -0.117. The van der Waals surface area contributed by atoms with Crippen LogP contribution < -0.4 is 5.32 Å². The topological polar surface area (TPSA) is 62.1 Å². The maximum absolute atomic E-state index is 11.9. The summed E-state index contributed by atoms with van der Waals surface area (Å²) in [5.41, 5.74) is 0.662. The lowest BCUT2D eigenvalue weighted by Gasteiger charge is -2.05. The SMILES string of the molecule is CCOCCCNC(=O)/C(C#N)=C/c1ccc(Cl)c(Cl)c1. The van der Waals surface area contributed by atoms with Crippen molar-refractivity contribution < 1.29 is 9.53 Å². The van der Waals surface area contributed by atoms with Gasteiger partial charge in [0.1, 0.15) is 11.6 Å². The van der Waals surface area contributed by atoms with Gasteiger partial charge >= 0.3 is 0 Å². The van der Waals surface area contributed by atoms with Crippen LogP contribution in [0.1, 0.15) is 18.9 Å². The molecule has 0 aromatic heterocycles. The molecule has 1 aromatic carbocycles. The number of carbonyl (C=O) groups is 1. The van der Waals surface area contributed by atoms with Gasteiger partial charge < -0.3 is 10.1 Å². The fourth-order valence-electron chi connectivity index (χ4n) is 1.53. The van der Waals surface area contributed by atoms with Crippen LogP contribution in [0.2, 0.25) is 10.0 Å². The quantitative estimate of drug-likeness (QED) is 0.474. The molecule has 0 saturated heterocycles. The molecule has 6 heteroatoms. The number of hydrogen-bond acceptors (Lipinski definition) is 3. The Balaban J connectivity index is 2.64. The molecule has 1 aromatic rings. The molecular formula is C15H16Cl2N2O2. The van der Waals surface area contributed by atoms with E-state index < -0.39 is 5.91 Å². The fourth-order valence-corrected chi connectivity index (χ4v) is 1.84. The maximum atomic E-state index is 11.9. The highest BCUT2D eigenvalue weighted by molar-refractivity contribution is 6.42. The van der Waals surface area contributed by atoms with Gasteiger partial charge in [-0.1, -0.05) is 29.3 Å². The van der Waals surface area contributed by atoms with Crippen molar-refractivity contribution in [1.29, 1.82) is 5.26 Å². The molecule has 0 fully saturated rings. The fraction of sp³-hybridized carbons (Fsp3) is 0.333. The Morgan fingerprint density at radius 2 is 2.19 bits per heavy atom. The molecule has 0 heterocycles. The van der Waals surface area contributed by atoms with E-state index in [1.54, 1.807) is 18.2 Å². The van der Waals surface area contributed by atoms with Crippen molar-refractivity contribution in [3.8, 4) is 6.07 Å². The zero-order valence-electron chi connectivity index (χ0n) is 11.7. The summed E-state index contributed by atoms with van der Waals surface area (Å²) in [6, 6.07) is 6.78. The number of nitrogens with zero attached hydrogens (tertiary/aromatic N) is 1. The summed E-state index contributed by atoms with van der Waals surface area (Å²) in [4.78, 5) is 11.9. The number of benzene rings is 1. The lowest BCUT2D eigenvalue weighted by atomic mass is 10.1. The first-order valence-electron chi connectivity index (χ1n) is 6.51. The van der Waals surface area contributed by atoms with Crippen LogP contribution in [0.15, 0.2) is 23.8 Å². The monoisotopic (exact) mass is 326 g/mol. The first-order chi connectivity index (χ1) is 10.1. The normalized spacial score (nSPS) is 11.0. The molecule has 0 atom stereocenters. The first-order valence-corrected chi connectivity index (χ1v) is 7.27. The predicted octanol–water partition coefficient (Wildman–Crippen LogP) is 3.44. The van der Waals surface area contributed by atoms with Crippen molar-refractivity contribution >= 4 is 35.2 Å². The van der Waals surface area contributed by atoms with Crippen molar-refractivity contribution in [2.45, 2.75) is 13.3 Å². The van der Waals surface area contributed by atoms with Gasteiger partial charge in [-0.05, 0) is 37.1 Å². The van der Waals surface area contributed by atoms with Gasteiger partial charge in [-0.15, -0.1) is 0 Å². The molecule has 0 bridgehead atoms. The average Bonchev–Trinajstić information content (AvgIpc) is 2.48. The van der Waals surface area contributed by atoms with E-state index >= 15 is 0 Å². The van der Waals surface area contributed by atoms with Crippen LogP contribution in [-0.4, -0.2) is 25.7 Å². The van der Waals surface area contributed by atoms with Gasteiger partial charge in [-0.3, -0.25) is 4.79 Å². The van der Waals surface area contributed by atoms with E-state index in [-0.39, 0.29) is 5.57 Å². The van der Waals surface area contributed by atoms with Crippen molar-refractivity contribution in [3.05, 3.63) is 39.4 Å². The van der Waals surface area contributed by atoms with Crippen LogP contribution in [0.5, 0.6) is 0 Å². The van der Waals surface area contributed by atoms with Crippen LogP contribution in [0.3, 0.4) is 0 Å². The molecule has 0 aliphatic rings. The van der Waals surface area contributed by atoms with E-state index in [2.05, 4.69) is 5.32 Å². The Morgan fingerprint density at radius 1 is 1.43 bits per heavy atom. The number of nitriles is 1. The van der Waals surface area contributed by atoms with Crippen LogP contribution >= 0.6 is 23.2 Å². The molecule has 21 heavy (non-hydrogen) atoms. The van der Waals surface area contributed by atoms with Crippen LogP contribution in [0.4, 0.5) is 0 Å². The molecule has 0 unspecified atom stereocenters. The third kappa shape index (κ3) is 6.17. The van der Waals surface area contributed by atoms with Gasteiger partial charge in [-0.2, -0.15) is 5.26 Å². The Hall–Kier alpha value is -1.54. The Kier molecular flexibility index (Phi) is 7.84. The summed E-state index contributed by atoms with van der Waals surface area (Å²) >= 11 is 11.7. The summed E-state index contributed by atoms with van der Waals surface area (Å²) in [6.45, 7) is 3.59. The summed E-state index contributed by atoms with van der Waals surface area (Å²) in [7, 11) is 0. The highest BCUT2D eigenvalue weighted by atomic mass is 35.5. The van der Waals surface area contributed by atoms with Gasteiger partial charge in [0, 0.05) is 19.8 Å². The zero-order valence-corrected chi connectivity index (χ0v) is 13.2. The minimum absolute atomic E-state index is 0.0183. The summed E-state index contributed by atoms with van der Waals surface area (Å²) in [5.74, 6) is -0.417. The number of rotatable bonds is 7. The Bertz CT molecular complexity index is 565. The van der Waals surface area contributed by atoms with Gasteiger partial charge in [0.25, 0.3) is 5.91 Å². The summed E-state index contributed by atoms with van der Waals surface area (Å²) in [5, 5.41) is 12.5. The third-order valence-corrected chi connectivity index (χ3v) is 3.31. The second kappa shape index (κ2) is 9.41. The van der Waals surface area contributed by atoms with Crippen molar-refractivity contribution in [2.24, 2.45) is 0 Å². The Morgan fingerprint density at radius 3 is 2.81 bits per heavy atom. The zero-order chi connectivity index (χ0) is 15.7. The second-order valence-electron chi connectivity index (χ2n) is 4.15. The molecule has 0 spiro atoms. The average molecular weight is 327 g/mol. The largest absolute Gasteiger partial charge is 0.382 e. The van der Waals surface area contributed by atoms with Crippen molar-refractivity contribution in [2.75, 3.05) is 19.8 Å². The predicted molar refractivity (Wildman–Crippen MR) is 84.2 cm³/mol. The molecule has 1 rings (SSSR count). The first kappa shape index (κ1) is 17.5. The number of halogens is 2. The van der Waals surface area contributed by atoms with E-state index in [9.17, 15) is 4.79 Å². The number of nitrogens with one attached hydrogen (secondary N) is 1. The van der Waals surface area contributed by atoms with Gasteiger partial charge in [0.2, 0.25) is 0 Å². The lowest BCUT2D eigenvalue weighted by Crippen LogP contribution is -2.26. The molecule has 0 aliphatic carbocycles. The number of carbonyl (C=O) groups excluding carboxylic acids is 1. The van der Waals surface area contributed by atoms with Gasteiger partial charge in [-0.25, -0.2) is 0 Å². The smallest absolute Gasteiger partial charge is 0.261 e. The highest BCUT2D eigenvalue weighted by Gasteiger charge is 2.08. The summed E-state index contributed by atoms with van der Waals surface area (Å²) < 4.78 is 5.16. The van der Waals surface area contributed by atoms with E-state index in [0.29, 0.717) is 41.8 Å². The van der Waals surface area contributed by atoms with E-state index in [0.717, 1.165) is 0 Å². The molecule has 4 nitrogen and oxygen atoms in total. The second-order valence-corrected chi connectivity index (χ2v) is 4.96. The summed E-state index contributed by atoms with van der Waals surface area (Å²) in [6.07, 6.45) is 2.17. The maximum Gasteiger partial charge on any atom is 0.261 e. The molecule has 0 aliphatic heterocycles. The molecular weight excluding hydrogens is 311 g/mol. The van der Waals surface area contributed by atoms with Crippen molar-refractivity contribution in [3.63, 3.8) is 0 Å². The number of ether oxygens (including phenoxy) is 1. The van der Waals surface area contributed by atoms with Gasteiger partial charge in [0.15, 0.2) is 0 Å². The molecule has 0 radical (unpaired) electrons. The molecule has 0 saturated carbocycles. The number of amides is 1. The van der Waals surface area contributed by atoms with E-state index in [1.807, 2.05) is 13.0 Å². The standard InChI is InChI=1S/C15H16Cl2N2O2/c1-2-21-7-3-6-19-15(20)12(10-18)8-11-4-5-13(16)14(17)9-11/h4-5,8-9H,2-3,6-7H2,1H3,(H,19,20)/b12-8+. The van der Waals surface area contributed by atoms with E-state index in [1.165, 1.54) is 6.08 Å². The van der Waals surface area contributed by atoms with Crippen LogP contribution in [0.25, 0.3) is 6.08 Å². The molecule has 1 amide bonds. The van der Waals surface area contributed by atoms with Crippen LogP contribution in [-0.2, 0) is 9.53 Å². The van der Waals surface area contributed by atoms with Crippen molar-refractivity contribution in [1.82, 2.24) is 5.32 Å². The minimum Gasteiger partial charge on any atom is -0.382 e. The molecule has 1 N–H and O–H groups in total. The Labute approximate surface area is 134 Å². The third-order valence-electron chi connectivity index (χ3n) is 2.57. The number of hydrogen-bond donors (Lipinski definition) is 1. The van der Waals surface area contributed by atoms with Gasteiger partial charge in [0.05, 0.1) is 10.0 Å². The van der Waals surface area contributed by atoms with E-state index in [4.69, 9.17) is 33.2 Å². The highest BCUT2D eigenvalue weighted by Crippen LogP contribution is 2.23. The van der Waals surface area contributed by atoms with Crippen LogP contribution in [0, 0.1) is 11.3 Å². The molecule has 112 valence electrons. The minimum atomic E-state index is -0.417.